The number of carbonyl (C=O) groups excluding carboxylic acids is 4. The highest BCUT2D eigenvalue weighted by Crippen LogP contribution is 2.11. The summed E-state index contributed by atoms with van der Waals surface area (Å²) < 4.78 is 0. The molecule has 1 aromatic carbocycles. The van der Waals surface area contributed by atoms with E-state index in [1.807, 2.05) is 5.32 Å². The van der Waals surface area contributed by atoms with Crippen molar-refractivity contribution >= 4 is 42.2 Å². The summed E-state index contributed by atoms with van der Waals surface area (Å²) in [7, 11) is 0. The van der Waals surface area contributed by atoms with E-state index in [-0.39, 0.29) is 17.9 Å². The molecular formula is C20H29N5O8S. The number of benzene rings is 1. The lowest BCUT2D eigenvalue weighted by atomic mass is 10.1. The van der Waals surface area contributed by atoms with Crippen LogP contribution in [0.3, 0.4) is 0 Å². The molecule has 0 fully saturated rings. The molecule has 0 aliphatic heterocycles. The van der Waals surface area contributed by atoms with Crippen LogP contribution in [0.15, 0.2) is 24.3 Å². The summed E-state index contributed by atoms with van der Waals surface area (Å²) in [5.74, 6) is -5.31. The molecule has 5 atom stereocenters. The molecular weight excluding hydrogens is 470 g/mol. The summed E-state index contributed by atoms with van der Waals surface area (Å²) >= 11 is 4.01. The predicted octanol–water partition coefficient (Wildman–Crippen LogP) is -3.01. The van der Waals surface area contributed by atoms with Crippen LogP contribution in [0.5, 0.6) is 5.75 Å². The van der Waals surface area contributed by atoms with Gasteiger partial charge in [0.1, 0.15) is 17.8 Å². The largest absolute Gasteiger partial charge is 0.508 e. The number of hydrogen-bond donors (Lipinski definition) is 9. The minimum absolute atomic E-state index is 0.0475. The van der Waals surface area contributed by atoms with Crippen molar-refractivity contribution < 1.29 is 39.3 Å². The van der Waals surface area contributed by atoms with Gasteiger partial charge in [0.2, 0.25) is 23.6 Å². The normalized spacial score (nSPS) is 15.2. The summed E-state index contributed by atoms with van der Waals surface area (Å²) in [4.78, 5) is 60.1. The molecule has 0 aliphatic rings. The third-order valence-electron chi connectivity index (χ3n) is 4.63. The molecule has 0 aliphatic carbocycles. The maximum atomic E-state index is 12.6. The van der Waals surface area contributed by atoms with Crippen LogP contribution < -0.4 is 27.4 Å². The summed E-state index contributed by atoms with van der Waals surface area (Å²) in [6.45, 7) is 1.13. The van der Waals surface area contributed by atoms with Crippen LogP contribution in [0.4, 0.5) is 0 Å². The van der Waals surface area contributed by atoms with Crippen LogP contribution in [-0.4, -0.2) is 80.9 Å². The van der Waals surface area contributed by atoms with Crippen LogP contribution in [0, 0.1) is 0 Å². The van der Waals surface area contributed by atoms with Crippen molar-refractivity contribution in [3.8, 4) is 5.75 Å². The molecule has 0 saturated heterocycles. The Morgan fingerprint density at radius 3 is 1.97 bits per heavy atom. The fourth-order valence-corrected chi connectivity index (χ4v) is 3.03. The van der Waals surface area contributed by atoms with Gasteiger partial charge in [-0.2, -0.15) is 12.6 Å². The van der Waals surface area contributed by atoms with Gasteiger partial charge in [-0.1, -0.05) is 12.1 Å². The number of nitrogens with one attached hydrogen (secondary N) is 3. The number of hydrogen-bond acceptors (Lipinski definition) is 9. The van der Waals surface area contributed by atoms with E-state index in [0.717, 1.165) is 6.92 Å². The zero-order valence-corrected chi connectivity index (χ0v) is 19.2. The van der Waals surface area contributed by atoms with Crippen LogP contribution in [0.2, 0.25) is 0 Å². The Balaban J connectivity index is 2.84. The molecule has 14 heteroatoms. The van der Waals surface area contributed by atoms with Gasteiger partial charge in [-0.25, -0.2) is 4.79 Å². The second-order valence-corrected chi connectivity index (χ2v) is 7.88. The van der Waals surface area contributed by atoms with E-state index in [2.05, 4.69) is 23.3 Å². The molecule has 5 unspecified atom stereocenters. The second kappa shape index (κ2) is 13.4. The van der Waals surface area contributed by atoms with E-state index in [0.29, 0.717) is 5.56 Å². The van der Waals surface area contributed by atoms with Gasteiger partial charge in [0.15, 0.2) is 6.04 Å². The fraction of sp³-hybridized carbons (Fsp3) is 0.450. The predicted molar refractivity (Wildman–Crippen MR) is 123 cm³/mol. The zero-order valence-electron chi connectivity index (χ0n) is 18.3. The molecule has 0 saturated carbocycles. The minimum atomic E-state index is -1.70. The topological polar surface area (TPSA) is 234 Å². The first-order valence-electron chi connectivity index (χ1n) is 10.1. The van der Waals surface area contributed by atoms with Gasteiger partial charge in [-0.15, -0.1) is 0 Å². The number of aliphatic carboxylic acids is 1. The van der Waals surface area contributed by atoms with Crippen molar-refractivity contribution in [2.75, 3.05) is 5.75 Å². The standard InChI is InChI=1S/C20H29N5O8S/c1-9(26)16(20(32)33)25-18(30)13(7-15(22)28)23-19(31)14(8-34)24-17(29)12(21)6-10-2-4-11(27)5-3-10/h2-5,9,12-14,16,26-27,34H,6-8,21H2,1H3,(H2,22,28)(H,23,31)(H,24,29)(H,25,30)(H,32,33). The Hall–Kier alpha value is -3.36. The maximum absolute atomic E-state index is 12.6. The Morgan fingerprint density at radius 2 is 1.50 bits per heavy atom. The van der Waals surface area contributed by atoms with E-state index >= 15 is 0 Å². The number of amides is 4. The van der Waals surface area contributed by atoms with Crippen LogP contribution >= 0.6 is 12.6 Å². The average Bonchev–Trinajstić information content (AvgIpc) is 2.75. The first kappa shape index (κ1) is 28.7. The summed E-state index contributed by atoms with van der Waals surface area (Å²) in [5.41, 5.74) is 11.7. The summed E-state index contributed by atoms with van der Waals surface area (Å²) in [5, 5.41) is 34.6. The van der Waals surface area contributed by atoms with Gasteiger partial charge >= 0.3 is 5.97 Å². The number of phenols is 1. The molecule has 188 valence electrons. The Labute approximate surface area is 200 Å². The number of aliphatic hydroxyl groups excluding tert-OH is 1. The highest BCUT2D eigenvalue weighted by atomic mass is 32.1. The lowest BCUT2D eigenvalue weighted by molar-refractivity contribution is -0.145. The van der Waals surface area contributed by atoms with Gasteiger partial charge in [0.05, 0.1) is 18.6 Å². The number of rotatable bonds is 13. The van der Waals surface area contributed by atoms with Crippen LogP contribution in [-0.2, 0) is 30.4 Å². The van der Waals surface area contributed by atoms with Gasteiger partial charge in [0.25, 0.3) is 0 Å². The molecule has 1 rings (SSSR count). The van der Waals surface area contributed by atoms with E-state index in [1.165, 1.54) is 12.1 Å². The molecule has 0 spiro atoms. The number of primary amides is 1. The SMILES string of the molecule is CC(O)C(NC(=O)C(CC(N)=O)NC(=O)C(CS)NC(=O)C(N)Cc1ccc(O)cc1)C(=O)O. The number of carboxylic acids is 1. The van der Waals surface area contributed by atoms with Gasteiger partial charge in [0, 0.05) is 5.75 Å². The van der Waals surface area contributed by atoms with Crippen LogP contribution in [0.25, 0.3) is 0 Å². The zero-order chi connectivity index (χ0) is 26.0. The van der Waals surface area contributed by atoms with Crippen molar-refractivity contribution in [3.05, 3.63) is 29.8 Å². The van der Waals surface area contributed by atoms with E-state index in [1.54, 1.807) is 12.1 Å². The fourth-order valence-electron chi connectivity index (χ4n) is 2.78. The molecule has 34 heavy (non-hydrogen) atoms. The van der Waals surface area contributed by atoms with Crippen molar-refractivity contribution in [3.63, 3.8) is 0 Å². The lowest BCUT2D eigenvalue weighted by Crippen LogP contribution is -2.59. The number of aromatic hydroxyl groups is 1. The number of nitrogens with two attached hydrogens (primary N) is 2. The average molecular weight is 500 g/mol. The van der Waals surface area contributed by atoms with Gasteiger partial charge in [-0.05, 0) is 31.0 Å². The molecule has 0 heterocycles. The molecule has 13 nitrogen and oxygen atoms in total. The van der Waals surface area contributed by atoms with E-state index in [4.69, 9.17) is 16.6 Å². The number of carboxylic acid groups (broad SMARTS) is 1. The van der Waals surface area contributed by atoms with E-state index < -0.39 is 66.3 Å². The van der Waals surface area contributed by atoms with Crippen molar-refractivity contribution in [1.82, 2.24) is 16.0 Å². The Morgan fingerprint density at radius 1 is 0.971 bits per heavy atom. The molecule has 4 amide bonds. The highest BCUT2D eigenvalue weighted by Gasteiger charge is 2.32. The first-order valence-corrected chi connectivity index (χ1v) is 10.7. The van der Waals surface area contributed by atoms with E-state index in [9.17, 15) is 34.2 Å². The molecule has 0 bridgehead atoms. The van der Waals surface area contributed by atoms with Crippen molar-refractivity contribution in [2.45, 2.75) is 50.0 Å². The lowest BCUT2D eigenvalue weighted by Gasteiger charge is -2.24. The first-order chi connectivity index (χ1) is 15.8. The van der Waals surface area contributed by atoms with Gasteiger partial charge in [-0.3, -0.25) is 19.2 Å². The minimum Gasteiger partial charge on any atom is -0.508 e. The Kier molecular flexibility index (Phi) is 11.3. The van der Waals surface area contributed by atoms with Crippen molar-refractivity contribution in [2.24, 2.45) is 11.5 Å². The van der Waals surface area contributed by atoms with Gasteiger partial charge < -0.3 is 42.7 Å². The van der Waals surface area contributed by atoms with Crippen LogP contribution in [0.1, 0.15) is 18.9 Å². The van der Waals surface area contributed by atoms with Crippen molar-refractivity contribution in [1.29, 1.82) is 0 Å². The quantitative estimate of drug-likeness (QED) is 0.125. The maximum Gasteiger partial charge on any atom is 0.328 e. The molecule has 1 aromatic rings. The third kappa shape index (κ3) is 9.25. The molecule has 0 aromatic heterocycles. The molecule has 10 N–H and O–H groups in total. The monoisotopic (exact) mass is 499 g/mol. The number of thiol groups is 1. The second-order valence-electron chi connectivity index (χ2n) is 7.52. The number of carbonyl (C=O) groups is 5. The number of aliphatic hydroxyl groups is 1. The molecule has 0 radical (unpaired) electrons. The highest BCUT2D eigenvalue weighted by molar-refractivity contribution is 7.80. The third-order valence-corrected chi connectivity index (χ3v) is 4.99. The Bertz CT molecular complexity index is 895. The number of phenolic OH excluding ortho intramolecular Hbond substituents is 1. The smallest absolute Gasteiger partial charge is 0.328 e. The summed E-state index contributed by atoms with van der Waals surface area (Å²) in [6, 6.07) is 0.448. The summed E-state index contributed by atoms with van der Waals surface area (Å²) in [6.07, 6.45) is -2.03.